The zero-order valence-electron chi connectivity index (χ0n) is 12.1. The molecule has 0 radical (unpaired) electrons. The van der Waals surface area contributed by atoms with Crippen LogP contribution >= 0.6 is 11.3 Å². The van der Waals surface area contributed by atoms with Gasteiger partial charge in [-0.25, -0.2) is 4.98 Å². The minimum Gasteiger partial charge on any atom is -0.385 e. The SMILES string of the molecule is COCCCC(N)C(=O)Cc1nc(-c2ccccc2)cs1. The zero-order chi connectivity index (χ0) is 15.1. The highest BCUT2D eigenvalue weighted by atomic mass is 32.1. The Balaban J connectivity index is 1.92. The number of hydrogen-bond donors (Lipinski definition) is 1. The number of ketones is 1. The summed E-state index contributed by atoms with van der Waals surface area (Å²) in [7, 11) is 1.65. The van der Waals surface area contributed by atoms with Crippen LogP contribution in [0.25, 0.3) is 11.3 Å². The number of thiazole rings is 1. The Morgan fingerprint density at radius 2 is 2.14 bits per heavy atom. The fourth-order valence-corrected chi connectivity index (χ4v) is 2.84. The maximum atomic E-state index is 12.1. The Kier molecular flexibility index (Phi) is 6.04. The summed E-state index contributed by atoms with van der Waals surface area (Å²) in [5.41, 5.74) is 7.88. The third-order valence-corrected chi connectivity index (χ3v) is 4.07. The van der Waals surface area contributed by atoms with Crippen LogP contribution < -0.4 is 5.73 Å². The van der Waals surface area contributed by atoms with Crippen LogP contribution in [-0.2, 0) is 16.0 Å². The molecule has 0 bridgehead atoms. The summed E-state index contributed by atoms with van der Waals surface area (Å²) in [6, 6.07) is 9.52. The molecule has 0 aliphatic heterocycles. The van der Waals surface area contributed by atoms with Crippen molar-refractivity contribution in [2.45, 2.75) is 25.3 Å². The average molecular weight is 304 g/mol. The molecule has 0 spiro atoms. The van der Waals surface area contributed by atoms with Gasteiger partial charge in [-0.1, -0.05) is 30.3 Å². The summed E-state index contributed by atoms with van der Waals surface area (Å²) in [5.74, 6) is 0.0417. The van der Waals surface area contributed by atoms with E-state index < -0.39 is 6.04 Å². The molecule has 112 valence electrons. The van der Waals surface area contributed by atoms with Crippen LogP contribution in [0.1, 0.15) is 17.8 Å². The summed E-state index contributed by atoms with van der Waals surface area (Å²) < 4.78 is 4.97. The smallest absolute Gasteiger partial charge is 0.156 e. The first kappa shape index (κ1) is 15.8. The van der Waals surface area contributed by atoms with E-state index in [1.807, 2.05) is 35.7 Å². The van der Waals surface area contributed by atoms with E-state index in [4.69, 9.17) is 10.5 Å². The molecule has 1 atom stereocenters. The Bertz CT molecular complexity index is 569. The predicted molar refractivity (Wildman–Crippen MR) is 85.3 cm³/mol. The van der Waals surface area contributed by atoms with Crippen molar-refractivity contribution in [2.24, 2.45) is 5.73 Å². The molecule has 1 aromatic heterocycles. The predicted octanol–water partition coefficient (Wildman–Crippen LogP) is 2.68. The van der Waals surface area contributed by atoms with Crippen LogP contribution in [0, 0.1) is 0 Å². The zero-order valence-corrected chi connectivity index (χ0v) is 12.9. The fraction of sp³-hybridized carbons (Fsp3) is 0.375. The first-order valence-corrected chi connectivity index (χ1v) is 7.85. The molecule has 1 unspecified atom stereocenters. The molecule has 2 aromatic rings. The molecule has 4 nitrogen and oxygen atoms in total. The molecule has 0 aliphatic rings. The van der Waals surface area contributed by atoms with Crippen molar-refractivity contribution in [3.8, 4) is 11.3 Å². The summed E-state index contributed by atoms with van der Waals surface area (Å²) in [5, 5.41) is 2.80. The highest BCUT2D eigenvalue weighted by molar-refractivity contribution is 7.10. The van der Waals surface area contributed by atoms with E-state index in [1.165, 1.54) is 11.3 Å². The molecular formula is C16H20N2O2S. The van der Waals surface area contributed by atoms with Crippen molar-refractivity contribution in [3.05, 3.63) is 40.7 Å². The molecule has 0 saturated heterocycles. The van der Waals surface area contributed by atoms with Gasteiger partial charge in [-0.3, -0.25) is 4.79 Å². The third-order valence-electron chi connectivity index (χ3n) is 3.22. The summed E-state index contributed by atoms with van der Waals surface area (Å²) in [4.78, 5) is 16.6. The van der Waals surface area contributed by atoms with Crippen LogP contribution in [-0.4, -0.2) is 30.5 Å². The van der Waals surface area contributed by atoms with E-state index in [0.717, 1.165) is 22.7 Å². The van der Waals surface area contributed by atoms with Crippen molar-refractivity contribution in [3.63, 3.8) is 0 Å². The number of ether oxygens (including phenoxy) is 1. The molecule has 0 saturated carbocycles. The number of carbonyl (C=O) groups excluding carboxylic acids is 1. The molecule has 1 heterocycles. The normalized spacial score (nSPS) is 12.3. The minimum atomic E-state index is -0.427. The number of methoxy groups -OCH3 is 1. The van der Waals surface area contributed by atoms with E-state index in [9.17, 15) is 4.79 Å². The minimum absolute atomic E-state index is 0.0417. The number of rotatable bonds is 8. The summed E-state index contributed by atoms with van der Waals surface area (Å²) in [6.07, 6.45) is 1.77. The molecule has 0 aliphatic carbocycles. The molecule has 2 rings (SSSR count). The number of benzene rings is 1. The largest absolute Gasteiger partial charge is 0.385 e. The van der Waals surface area contributed by atoms with Crippen molar-refractivity contribution in [1.82, 2.24) is 4.98 Å². The number of carbonyl (C=O) groups is 1. The van der Waals surface area contributed by atoms with Crippen molar-refractivity contribution < 1.29 is 9.53 Å². The van der Waals surface area contributed by atoms with Gasteiger partial charge in [0.2, 0.25) is 0 Å². The maximum Gasteiger partial charge on any atom is 0.156 e. The molecule has 2 N–H and O–H groups in total. The highest BCUT2D eigenvalue weighted by Crippen LogP contribution is 2.22. The van der Waals surface area contributed by atoms with Gasteiger partial charge in [0.05, 0.1) is 18.2 Å². The van der Waals surface area contributed by atoms with E-state index in [0.29, 0.717) is 19.4 Å². The number of hydrogen-bond acceptors (Lipinski definition) is 5. The second kappa shape index (κ2) is 8.02. The number of Topliss-reactive ketones (excluding diaryl/α,β-unsaturated/α-hetero) is 1. The van der Waals surface area contributed by atoms with Crippen molar-refractivity contribution in [1.29, 1.82) is 0 Å². The fourth-order valence-electron chi connectivity index (χ4n) is 2.02. The van der Waals surface area contributed by atoms with Gasteiger partial charge in [-0.2, -0.15) is 0 Å². The lowest BCUT2D eigenvalue weighted by Gasteiger charge is -2.08. The monoisotopic (exact) mass is 304 g/mol. The van der Waals surface area contributed by atoms with Crippen molar-refractivity contribution in [2.75, 3.05) is 13.7 Å². The second-order valence-corrected chi connectivity index (χ2v) is 5.82. The van der Waals surface area contributed by atoms with Crippen LogP contribution in [0.15, 0.2) is 35.7 Å². The van der Waals surface area contributed by atoms with Gasteiger partial charge in [0.15, 0.2) is 5.78 Å². The van der Waals surface area contributed by atoms with E-state index in [2.05, 4.69) is 4.98 Å². The van der Waals surface area contributed by atoms with Crippen LogP contribution in [0.5, 0.6) is 0 Å². The van der Waals surface area contributed by atoms with Crippen LogP contribution in [0.2, 0.25) is 0 Å². The van der Waals surface area contributed by atoms with E-state index in [1.54, 1.807) is 7.11 Å². The molecular weight excluding hydrogens is 284 g/mol. The van der Waals surface area contributed by atoms with Gasteiger partial charge < -0.3 is 10.5 Å². The van der Waals surface area contributed by atoms with Crippen LogP contribution in [0.3, 0.4) is 0 Å². The van der Waals surface area contributed by atoms with Gasteiger partial charge in [0.25, 0.3) is 0 Å². The first-order chi connectivity index (χ1) is 10.2. The second-order valence-electron chi connectivity index (χ2n) is 4.88. The topological polar surface area (TPSA) is 65.2 Å². The van der Waals surface area contributed by atoms with E-state index in [-0.39, 0.29) is 5.78 Å². The van der Waals surface area contributed by atoms with Gasteiger partial charge in [-0.15, -0.1) is 11.3 Å². The molecule has 0 fully saturated rings. The van der Waals surface area contributed by atoms with Gasteiger partial charge in [0.1, 0.15) is 5.01 Å². The van der Waals surface area contributed by atoms with E-state index >= 15 is 0 Å². The third kappa shape index (κ3) is 4.74. The average Bonchev–Trinajstić information content (AvgIpc) is 2.97. The van der Waals surface area contributed by atoms with Crippen molar-refractivity contribution >= 4 is 17.1 Å². The molecule has 0 amide bonds. The quantitative estimate of drug-likeness (QED) is 0.762. The Morgan fingerprint density at radius 3 is 2.86 bits per heavy atom. The maximum absolute atomic E-state index is 12.1. The number of aromatic nitrogens is 1. The van der Waals surface area contributed by atoms with Gasteiger partial charge in [0, 0.05) is 24.7 Å². The molecule has 21 heavy (non-hydrogen) atoms. The van der Waals surface area contributed by atoms with Gasteiger partial charge in [-0.05, 0) is 12.8 Å². The lowest BCUT2D eigenvalue weighted by molar-refractivity contribution is -0.119. The van der Waals surface area contributed by atoms with Crippen LogP contribution in [0.4, 0.5) is 0 Å². The highest BCUT2D eigenvalue weighted by Gasteiger charge is 2.16. The number of nitrogens with zero attached hydrogens (tertiary/aromatic N) is 1. The summed E-state index contributed by atoms with van der Waals surface area (Å²) in [6.45, 7) is 0.635. The van der Waals surface area contributed by atoms with Gasteiger partial charge >= 0.3 is 0 Å². The Labute approximate surface area is 129 Å². The lowest BCUT2D eigenvalue weighted by Crippen LogP contribution is -2.32. The standard InChI is InChI=1S/C16H20N2O2S/c1-20-9-5-8-13(17)15(19)10-16-18-14(11-21-16)12-6-3-2-4-7-12/h2-4,6-7,11,13H,5,8-10,17H2,1H3. The lowest BCUT2D eigenvalue weighted by atomic mass is 10.1. The summed E-state index contributed by atoms with van der Waals surface area (Å²) >= 11 is 1.51. The molecule has 1 aromatic carbocycles. The Morgan fingerprint density at radius 1 is 1.38 bits per heavy atom. The Hall–Kier alpha value is -1.56. The first-order valence-electron chi connectivity index (χ1n) is 6.97. The molecule has 5 heteroatoms. The number of nitrogens with two attached hydrogens (primary N) is 1.